The first-order valence-corrected chi connectivity index (χ1v) is 8.88. The summed E-state index contributed by atoms with van der Waals surface area (Å²) in [6.07, 6.45) is 3.74. The maximum Gasteiger partial charge on any atom is 0.141 e. The summed E-state index contributed by atoms with van der Waals surface area (Å²) < 4.78 is 5.40. The summed E-state index contributed by atoms with van der Waals surface area (Å²) in [5, 5.41) is 6.39. The van der Waals surface area contributed by atoms with Gasteiger partial charge in [-0.2, -0.15) is 0 Å². The normalized spacial score (nSPS) is 11.5. The molecule has 0 saturated carbocycles. The van der Waals surface area contributed by atoms with Crippen molar-refractivity contribution in [1.82, 2.24) is 20.1 Å². The lowest BCUT2D eigenvalue weighted by atomic mass is 9.94. The van der Waals surface area contributed by atoms with Gasteiger partial charge in [-0.25, -0.2) is 4.98 Å². The van der Waals surface area contributed by atoms with Crippen LogP contribution in [0.5, 0.6) is 0 Å². The number of nitrogens with zero attached hydrogens (tertiary/aromatic N) is 3. The van der Waals surface area contributed by atoms with Gasteiger partial charge in [0.1, 0.15) is 11.6 Å². The first-order valence-electron chi connectivity index (χ1n) is 8.88. The lowest BCUT2D eigenvalue weighted by Crippen LogP contribution is -1.88. The number of H-pyrrole nitrogens is 1. The Labute approximate surface area is 156 Å². The number of aromatic amines is 1. The van der Waals surface area contributed by atoms with Crippen LogP contribution in [0.2, 0.25) is 0 Å². The molecule has 0 spiro atoms. The molecule has 0 aliphatic carbocycles. The fourth-order valence-electron chi connectivity index (χ4n) is 3.83. The van der Waals surface area contributed by atoms with Gasteiger partial charge in [-0.1, -0.05) is 23.4 Å². The predicted molar refractivity (Wildman–Crippen MR) is 107 cm³/mol. The van der Waals surface area contributed by atoms with Crippen molar-refractivity contribution in [2.75, 3.05) is 0 Å². The molecule has 0 radical (unpaired) electrons. The number of benzene rings is 2. The lowest BCUT2D eigenvalue weighted by Gasteiger charge is -2.10. The van der Waals surface area contributed by atoms with E-state index in [-0.39, 0.29) is 0 Å². The van der Waals surface area contributed by atoms with Crippen LogP contribution in [-0.2, 0) is 0 Å². The molecule has 0 unspecified atom stereocenters. The number of aryl methyl sites for hydroxylation is 3. The van der Waals surface area contributed by atoms with Crippen molar-refractivity contribution in [3.63, 3.8) is 0 Å². The van der Waals surface area contributed by atoms with E-state index in [1.54, 1.807) is 0 Å². The van der Waals surface area contributed by atoms with Crippen LogP contribution in [-0.4, -0.2) is 20.1 Å². The molecule has 0 amide bonds. The van der Waals surface area contributed by atoms with E-state index in [1.165, 1.54) is 0 Å². The highest BCUT2D eigenvalue weighted by Crippen LogP contribution is 2.37. The van der Waals surface area contributed by atoms with Crippen molar-refractivity contribution in [1.29, 1.82) is 0 Å². The van der Waals surface area contributed by atoms with Gasteiger partial charge in [0.15, 0.2) is 0 Å². The Balaban J connectivity index is 1.88. The molecule has 27 heavy (non-hydrogen) atoms. The summed E-state index contributed by atoms with van der Waals surface area (Å²) in [6, 6.07) is 12.6. The van der Waals surface area contributed by atoms with E-state index in [4.69, 9.17) is 9.51 Å². The molecule has 0 fully saturated rings. The average molecular weight is 354 g/mol. The summed E-state index contributed by atoms with van der Waals surface area (Å²) in [5.41, 5.74) is 7.13. The molecular weight excluding hydrogens is 336 g/mol. The van der Waals surface area contributed by atoms with Crippen molar-refractivity contribution >= 4 is 21.8 Å². The van der Waals surface area contributed by atoms with Crippen LogP contribution in [0.3, 0.4) is 0 Å². The second-order valence-electron chi connectivity index (χ2n) is 6.84. The standard InChI is InChI=1S/C22H18N4O/c1-12-21(13(2)27-26-12)16-9-18(22-20(10-16)24-14(3)25-22)17-6-4-5-15-7-8-23-11-19(15)17/h4-11H,1-3H3,(H,24,25). The molecule has 3 aromatic heterocycles. The first kappa shape index (κ1) is 15.8. The van der Waals surface area contributed by atoms with Crippen LogP contribution >= 0.6 is 0 Å². The van der Waals surface area contributed by atoms with Crippen LogP contribution in [0.1, 0.15) is 17.3 Å². The van der Waals surface area contributed by atoms with Gasteiger partial charge in [0, 0.05) is 28.9 Å². The van der Waals surface area contributed by atoms with Crippen LogP contribution < -0.4 is 0 Å². The summed E-state index contributed by atoms with van der Waals surface area (Å²) >= 11 is 0. The monoisotopic (exact) mass is 354 g/mol. The second-order valence-corrected chi connectivity index (χ2v) is 6.84. The number of pyridine rings is 1. The Hall–Kier alpha value is -3.47. The highest BCUT2D eigenvalue weighted by atomic mass is 16.5. The van der Waals surface area contributed by atoms with Crippen LogP contribution in [0, 0.1) is 20.8 Å². The van der Waals surface area contributed by atoms with Gasteiger partial charge in [0.2, 0.25) is 0 Å². The van der Waals surface area contributed by atoms with Gasteiger partial charge in [0.25, 0.3) is 0 Å². The Morgan fingerprint density at radius 3 is 2.70 bits per heavy atom. The molecule has 5 heteroatoms. The van der Waals surface area contributed by atoms with Crippen molar-refractivity contribution < 1.29 is 4.52 Å². The predicted octanol–water partition coefficient (Wildman–Crippen LogP) is 5.36. The summed E-state index contributed by atoms with van der Waals surface area (Å²) in [6.45, 7) is 5.89. The molecule has 0 aliphatic rings. The molecule has 0 saturated heterocycles. The zero-order valence-electron chi connectivity index (χ0n) is 15.4. The summed E-state index contributed by atoms with van der Waals surface area (Å²) in [5.74, 6) is 1.70. The number of nitrogens with one attached hydrogen (secondary N) is 1. The van der Waals surface area contributed by atoms with Crippen LogP contribution in [0.25, 0.3) is 44.1 Å². The molecule has 3 heterocycles. The number of hydrogen-bond acceptors (Lipinski definition) is 4. The smallest absolute Gasteiger partial charge is 0.141 e. The Bertz CT molecular complexity index is 1290. The van der Waals surface area contributed by atoms with Crippen molar-refractivity contribution in [2.45, 2.75) is 20.8 Å². The minimum atomic E-state index is 0.814. The van der Waals surface area contributed by atoms with Crippen molar-refractivity contribution in [3.05, 3.63) is 66.1 Å². The Morgan fingerprint density at radius 1 is 1.00 bits per heavy atom. The van der Waals surface area contributed by atoms with Gasteiger partial charge in [-0.15, -0.1) is 0 Å². The molecule has 5 nitrogen and oxygen atoms in total. The first-order chi connectivity index (χ1) is 13.1. The average Bonchev–Trinajstić information content (AvgIpc) is 3.21. The third-order valence-corrected chi connectivity index (χ3v) is 5.00. The molecule has 0 atom stereocenters. The number of rotatable bonds is 2. The molecule has 2 aromatic carbocycles. The Morgan fingerprint density at radius 2 is 1.89 bits per heavy atom. The quantitative estimate of drug-likeness (QED) is 0.463. The van der Waals surface area contributed by atoms with Gasteiger partial charge in [-0.3, -0.25) is 4.98 Å². The number of fused-ring (bicyclic) bond motifs is 2. The minimum Gasteiger partial charge on any atom is -0.361 e. The highest BCUT2D eigenvalue weighted by molar-refractivity contribution is 6.04. The Kier molecular flexibility index (Phi) is 3.37. The van der Waals surface area contributed by atoms with Crippen LogP contribution in [0.15, 0.2) is 53.3 Å². The maximum absolute atomic E-state index is 5.40. The minimum absolute atomic E-state index is 0.814. The molecule has 1 N–H and O–H groups in total. The van der Waals surface area contributed by atoms with E-state index >= 15 is 0 Å². The fraction of sp³-hybridized carbons (Fsp3) is 0.136. The maximum atomic E-state index is 5.40. The second kappa shape index (κ2) is 5.77. The fourth-order valence-corrected chi connectivity index (χ4v) is 3.83. The summed E-state index contributed by atoms with van der Waals surface area (Å²) in [7, 11) is 0. The largest absolute Gasteiger partial charge is 0.361 e. The van der Waals surface area contributed by atoms with E-state index in [0.29, 0.717) is 0 Å². The molecular formula is C22H18N4O. The molecule has 132 valence electrons. The van der Waals surface area contributed by atoms with E-state index in [9.17, 15) is 0 Å². The van der Waals surface area contributed by atoms with Crippen LogP contribution in [0.4, 0.5) is 0 Å². The highest BCUT2D eigenvalue weighted by Gasteiger charge is 2.17. The topological polar surface area (TPSA) is 67.6 Å². The third-order valence-electron chi connectivity index (χ3n) is 5.00. The number of aromatic nitrogens is 4. The SMILES string of the molecule is Cc1nc2c(-c3cccc4ccncc34)cc(-c3c(C)noc3C)cc2[nH]1. The number of hydrogen-bond donors (Lipinski definition) is 1. The van der Waals surface area contributed by atoms with Gasteiger partial charge in [-0.05, 0) is 55.5 Å². The van der Waals surface area contributed by atoms with Gasteiger partial charge in [0.05, 0.1) is 16.7 Å². The van der Waals surface area contributed by atoms with E-state index in [1.807, 2.05) is 39.2 Å². The van der Waals surface area contributed by atoms with Gasteiger partial charge < -0.3 is 9.51 Å². The van der Waals surface area contributed by atoms with Gasteiger partial charge >= 0.3 is 0 Å². The van der Waals surface area contributed by atoms with E-state index in [2.05, 4.69) is 45.5 Å². The third kappa shape index (κ3) is 2.43. The zero-order chi connectivity index (χ0) is 18.5. The molecule has 0 bridgehead atoms. The molecule has 0 aliphatic heterocycles. The lowest BCUT2D eigenvalue weighted by molar-refractivity contribution is 0.393. The van der Waals surface area contributed by atoms with Crippen molar-refractivity contribution in [3.8, 4) is 22.3 Å². The van der Waals surface area contributed by atoms with Crippen molar-refractivity contribution in [2.24, 2.45) is 0 Å². The zero-order valence-corrected chi connectivity index (χ0v) is 15.4. The summed E-state index contributed by atoms with van der Waals surface area (Å²) in [4.78, 5) is 12.5. The van der Waals surface area contributed by atoms with E-state index < -0.39 is 0 Å². The number of imidazole rings is 1. The molecule has 5 rings (SSSR count). The molecule has 5 aromatic rings. The van der Waals surface area contributed by atoms with E-state index in [0.717, 1.165) is 61.3 Å².